The highest BCUT2D eigenvalue weighted by Crippen LogP contribution is 2.24. The minimum Gasteiger partial charge on any atom is -0.310 e. The molecule has 0 spiro atoms. The van der Waals surface area contributed by atoms with Crippen LogP contribution >= 0.6 is 11.3 Å². The lowest BCUT2D eigenvalue weighted by atomic mass is 10.0. The predicted molar refractivity (Wildman–Crippen MR) is 85.4 cm³/mol. The van der Waals surface area contributed by atoms with Crippen molar-refractivity contribution in [3.63, 3.8) is 0 Å². The summed E-state index contributed by atoms with van der Waals surface area (Å²) in [6, 6.07) is 4.50. The van der Waals surface area contributed by atoms with Crippen molar-refractivity contribution in [3.8, 4) is 0 Å². The van der Waals surface area contributed by atoms with Gasteiger partial charge in [-0.15, -0.1) is 11.3 Å². The average molecular weight is 301 g/mol. The summed E-state index contributed by atoms with van der Waals surface area (Å²) in [6.45, 7) is 3.15. The number of thiophene rings is 1. The Bertz CT molecular complexity index is 718. The summed E-state index contributed by atoms with van der Waals surface area (Å²) in [6.07, 6.45) is 5.49. The molecule has 0 radical (unpaired) electrons. The van der Waals surface area contributed by atoms with Crippen LogP contribution in [0.25, 0.3) is 10.2 Å². The van der Waals surface area contributed by atoms with Crippen molar-refractivity contribution < 1.29 is 0 Å². The van der Waals surface area contributed by atoms with Crippen LogP contribution < -0.4 is 5.32 Å². The first-order valence-electron chi connectivity index (χ1n) is 7.17. The normalized spacial score (nSPS) is 12.9. The van der Waals surface area contributed by atoms with Crippen molar-refractivity contribution in [3.05, 3.63) is 41.4 Å². The fourth-order valence-corrected chi connectivity index (χ4v) is 3.16. The first-order valence-corrected chi connectivity index (χ1v) is 8.05. The third-order valence-electron chi connectivity index (χ3n) is 3.56. The highest BCUT2D eigenvalue weighted by molar-refractivity contribution is 7.17. The number of nitrogens with one attached hydrogen (secondary N) is 1. The summed E-state index contributed by atoms with van der Waals surface area (Å²) in [5.74, 6) is 0.981. The van der Waals surface area contributed by atoms with Crippen molar-refractivity contribution in [2.75, 3.05) is 6.54 Å². The molecule has 0 amide bonds. The highest BCUT2D eigenvalue weighted by Gasteiger charge is 2.15. The SMILES string of the molecule is CCCNC(Cc1ncnn1C)c1cnc2ccsc2c1. The number of rotatable bonds is 6. The third kappa shape index (κ3) is 3.11. The maximum Gasteiger partial charge on any atom is 0.138 e. The van der Waals surface area contributed by atoms with Crippen LogP contribution in [0.15, 0.2) is 30.0 Å². The van der Waals surface area contributed by atoms with Crippen LogP contribution in [-0.2, 0) is 13.5 Å². The van der Waals surface area contributed by atoms with Crippen molar-refractivity contribution in [1.29, 1.82) is 0 Å². The molecule has 3 aromatic heterocycles. The average Bonchev–Trinajstić information content (AvgIpc) is 3.11. The summed E-state index contributed by atoms with van der Waals surface area (Å²) < 4.78 is 3.06. The molecular weight excluding hydrogens is 282 g/mol. The van der Waals surface area contributed by atoms with Gasteiger partial charge < -0.3 is 5.32 Å². The van der Waals surface area contributed by atoms with Gasteiger partial charge in [-0.2, -0.15) is 5.10 Å². The Kier molecular flexibility index (Phi) is 4.26. The molecule has 1 atom stereocenters. The van der Waals surface area contributed by atoms with Crippen molar-refractivity contribution >= 4 is 21.6 Å². The summed E-state index contributed by atoms with van der Waals surface area (Å²) >= 11 is 1.73. The molecule has 0 bridgehead atoms. The molecule has 0 fully saturated rings. The molecule has 0 aliphatic rings. The van der Waals surface area contributed by atoms with E-state index in [0.29, 0.717) is 0 Å². The molecule has 0 aliphatic carbocycles. The van der Waals surface area contributed by atoms with Gasteiger partial charge in [0.1, 0.15) is 12.2 Å². The lowest BCUT2D eigenvalue weighted by molar-refractivity contribution is 0.506. The van der Waals surface area contributed by atoms with Gasteiger partial charge >= 0.3 is 0 Å². The molecule has 1 N–H and O–H groups in total. The lowest BCUT2D eigenvalue weighted by Crippen LogP contribution is -2.25. The van der Waals surface area contributed by atoms with E-state index in [0.717, 1.165) is 30.7 Å². The van der Waals surface area contributed by atoms with E-state index >= 15 is 0 Å². The van der Waals surface area contributed by atoms with Crippen LogP contribution in [0.4, 0.5) is 0 Å². The largest absolute Gasteiger partial charge is 0.310 e. The smallest absolute Gasteiger partial charge is 0.138 e. The maximum absolute atomic E-state index is 4.55. The number of fused-ring (bicyclic) bond motifs is 1. The molecule has 3 rings (SSSR count). The molecule has 0 saturated heterocycles. The van der Waals surface area contributed by atoms with Crippen LogP contribution in [0, 0.1) is 0 Å². The molecule has 0 aliphatic heterocycles. The van der Waals surface area contributed by atoms with Crippen LogP contribution in [-0.4, -0.2) is 26.3 Å². The van der Waals surface area contributed by atoms with E-state index in [1.165, 1.54) is 10.3 Å². The zero-order valence-corrected chi connectivity index (χ0v) is 13.1. The van der Waals surface area contributed by atoms with E-state index in [1.807, 2.05) is 17.9 Å². The minimum absolute atomic E-state index is 0.215. The fourth-order valence-electron chi connectivity index (χ4n) is 2.37. The monoisotopic (exact) mass is 301 g/mol. The van der Waals surface area contributed by atoms with Crippen molar-refractivity contribution in [1.82, 2.24) is 25.1 Å². The second-order valence-electron chi connectivity index (χ2n) is 5.08. The van der Waals surface area contributed by atoms with Gasteiger partial charge in [-0.1, -0.05) is 6.92 Å². The van der Waals surface area contributed by atoms with Crippen molar-refractivity contribution in [2.24, 2.45) is 7.05 Å². The van der Waals surface area contributed by atoms with Gasteiger partial charge in [0.25, 0.3) is 0 Å². The van der Waals surface area contributed by atoms with Crippen LogP contribution in [0.3, 0.4) is 0 Å². The van der Waals surface area contributed by atoms with E-state index in [1.54, 1.807) is 17.7 Å². The van der Waals surface area contributed by atoms with Gasteiger partial charge in [0.2, 0.25) is 0 Å². The summed E-state index contributed by atoms with van der Waals surface area (Å²) in [5, 5.41) is 9.82. The number of nitrogens with zero attached hydrogens (tertiary/aromatic N) is 4. The minimum atomic E-state index is 0.215. The van der Waals surface area contributed by atoms with Crippen LogP contribution in [0.2, 0.25) is 0 Å². The Morgan fingerprint density at radius 2 is 2.29 bits per heavy atom. The standard InChI is InChI=1S/C15H19N5S/c1-3-5-16-13(8-15-18-10-19-20(15)2)11-7-14-12(17-9-11)4-6-21-14/h4,6-7,9-10,13,16H,3,5,8H2,1-2H3. The van der Waals surface area contributed by atoms with Crippen LogP contribution in [0.5, 0.6) is 0 Å². The molecule has 3 heterocycles. The van der Waals surface area contributed by atoms with Gasteiger partial charge in [-0.3, -0.25) is 9.67 Å². The van der Waals surface area contributed by atoms with E-state index in [4.69, 9.17) is 0 Å². The van der Waals surface area contributed by atoms with Gasteiger partial charge in [0.05, 0.1) is 10.2 Å². The molecular formula is C15H19N5S. The van der Waals surface area contributed by atoms with Gasteiger partial charge in [0.15, 0.2) is 0 Å². The Balaban J connectivity index is 1.88. The van der Waals surface area contributed by atoms with E-state index in [9.17, 15) is 0 Å². The number of hydrogen-bond acceptors (Lipinski definition) is 5. The molecule has 3 aromatic rings. The van der Waals surface area contributed by atoms with Gasteiger partial charge in [-0.25, -0.2) is 4.98 Å². The zero-order valence-electron chi connectivity index (χ0n) is 12.3. The predicted octanol–water partition coefficient (Wildman–Crippen LogP) is 2.71. The Morgan fingerprint density at radius 3 is 3.05 bits per heavy atom. The molecule has 6 heteroatoms. The maximum atomic E-state index is 4.55. The molecule has 0 saturated carbocycles. The number of aromatic nitrogens is 4. The summed E-state index contributed by atoms with van der Waals surface area (Å²) in [5.41, 5.74) is 2.28. The molecule has 5 nitrogen and oxygen atoms in total. The number of pyridine rings is 1. The fraction of sp³-hybridized carbons (Fsp3) is 0.400. The number of hydrogen-bond donors (Lipinski definition) is 1. The summed E-state index contributed by atoms with van der Waals surface area (Å²) in [4.78, 5) is 8.88. The van der Waals surface area contributed by atoms with Crippen LogP contribution in [0.1, 0.15) is 30.8 Å². The highest BCUT2D eigenvalue weighted by atomic mass is 32.1. The lowest BCUT2D eigenvalue weighted by Gasteiger charge is -2.18. The second kappa shape index (κ2) is 6.32. The van der Waals surface area contributed by atoms with Gasteiger partial charge in [-0.05, 0) is 36.0 Å². The topological polar surface area (TPSA) is 55.6 Å². The molecule has 21 heavy (non-hydrogen) atoms. The van der Waals surface area contributed by atoms with E-state index in [2.05, 4.69) is 44.8 Å². The molecule has 1 unspecified atom stereocenters. The molecule has 0 aromatic carbocycles. The Morgan fingerprint density at radius 1 is 1.38 bits per heavy atom. The second-order valence-corrected chi connectivity index (χ2v) is 6.03. The Hall–Kier alpha value is -1.79. The Labute approximate surface area is 128 Å². The quantitative estimate of drug-likeness (QED) is 0.760. The first kappa shape index (κ1) is 14.2. The first-order chi connectivity index (χ1) is 10.3. The van der Waals surface area contributed by atoms with E-state index < -0.39 is 0 Å². The van der Waals surface area contributed by atoms with E-state index in [-0.39, 0.29) is 6.04 Å². The molecule has 110 valence electrons. The zero-order chi connectivity index (χ0) is 14.7. The summed E-state index contributed by atoms with van der Waals surface area (Å²) in [7, 11) is 1.93. The van der Waals surface area contributed by atoms with Crippen molar-refractivity contribution in [2.45, 2.75) is 25.8 Å². The third-order valence-corrected chi connectivity index (χ3v) is 4.41. The van der Waals surface area contributed by atoms with Gasteiger partial charge in [0, 0.05) is 25.7 Å². The number of aryl methyl sites for hydroxylation is 1.